The third-order valence-electron chi connectivity index (χ3n) is 2.84. The predicted octanol–water partition coefficient (Wildman–Crippen LogP) is 6.28. The molecule has 0 saturated carbocycles. The van der Waals surface area contributed by atoms with Gasteiger partial charge in [-0.05, 0) is 23.3 Å². The highest BCUT2D eigenvalue weighted by Crippen LogP contribution is 2.12. The van der Waals surface area contributed by atoms with Gasteiger partial charge in [0.05, 0.1) is 0 Å². The van der Waals surface area contributed by atoms with Crippen LogP contribution in [0.25, 0.3) is 12.2 Å². The van der Waals surface area contributed by atoms with Crippen molar-refractivity contribution in [3.05, 3.63) is 107 Å². The zero-order valence-corrected chi connectivity index (χ0v) is 13.3. The number of allylic oxidation sites excluding steroid dienone is 8. The summed E-state index contributed by atoms with van der Waals surface area (Å²) in [5.74, 6) is 0. The third-order valence-corrected chi connectivity index (χ3v) is 3.36. The van der Waals surface area contributed by atoms with Crippen LogP contribution < -0.4 is 0 Å². The molecule has 0 spiro atoms. The van der Waals surface area contributed by atoms with Crippen molar-refractivity contribution in [2.75, 3.05) is 0 Å². The Kier molecular flexibility index (Phi) is 6.50. The molecule has 0 bridgehead atoms. The lowest BCUT2D eigenvalue weighted by molar-refractivity contribution is 1.61. The van der Waals surface area contributed by atoms with Crippen molar-refractivity contribution in [1.29, 1.82) is 0 Å². The van der Waals surface area contributed by atoms with E-state index in [0.717, 1.165) is 10.0 Å². The Morgan fingerprint density at radius 2 is 0.905 bits per heavy atom. The van der Waals surface area contributed by atoms with Gasteiger partial charge in [-0.2, -0.15) is 0 Å². The van der Waals surface area contributed by atoms with Gasteiger partial charge < -0.3 is 0 Å². The molecule has 2 rings (SSSR count). The van der Waals surface area contributed by atoms with Gasteiger partial charge in [-0.25, -0.2) is 0 Å². The summed E-state index contributed by atoms with van der Waals surface area (Å²) in [7, 11) is 0. The molecular formula is C20H17Br. The maximum atomic E-state index is 3.50. The van der Waals surface area contributed by atoms with Gasteiger partial charge in [-0.3, -0.25) is 0 Å². The maximum absolute atomic E-state index is 3.50. The van der Waals surface area contributed by atoms with Gasteiger partial charge in [0.1, 0.15) is 0 Å². The first kappa shape index (κ1) is 15.3. The highest BCUT2D eigenvalue weighted by atomic mass is 79.9. The molecule has 1 heteroatoms. The normalized spacial score (nSPS) is 19.1. The molecule has 0 atom stereocenters. The number of hydrogen-bond acceptors (Lipinski definition) is 0. The van der Waals surface area contributed by atoms with E-state index in [0.29, 0.717) is 0 Å². The van der Waals surface area contributed by atoms with E-state index >= 15 is 0 Å². The number of halogens is 1. The summed E-state index contributed by atoms with van der Waals surface area (Å²) in [4.78, 5) is 0. The number of fused-ring (bicyclic) bond motifs is 1. The largest absolute Gasteiger partial charge is 0.0623 e. The van der Waals surface area contributed by atoms with E-state index in [1.807, 2.05) is 66.8 Å². The first-order valence-electron chi connectivity index (χ1n) is 6.84. The minimum atomic E-state index is 1.05. The number of rotatable bonds is 0. The Morgan fingerprint density at radius 1 is 0.476 bits per heavy atom. The molecule has 0 N–H and O–H groups in total. The van der Waals surface area contributed by atoms with Crippen LogP contribution in [0.1, 0.15) is 11.1 Å². The van der Waals surface area contributed by atoms with Crippen LogP contribution in [-0.4, -0.2) is 0 Å². The van der Waals surface area contributed by atoms with Gasteiger partial charge in [0.2, 0.25) is 0 Å². The van der Waals surface area contributed by atoms with Crippen molar-refractivity contribution in [1.82, 2.24) is 0 Å². The predicted molar refractivity (Wildman–Crippen MR) is 97.3 cm³/mol. The Labute approximate surface area is 135 Å². The second-order valence-corrected chi connectivity index (χ2v) is 5.33. The molecule has 1 aromatic rings. The topological polar surface area (TPSA) is 0 Å². The Bertz CT molecular complexity index is 672. The molecule has 0 saturated heterocycles. The van der Waals surface area contributed by atoms with Gasteiger partial charge in [0.25, 0.3) is 0 Å². The highest BCUT2D eigenvalue weighted by Gasteiger charge is 1.91. The third kappa shape index (κ3) is 5.80. The second kappa shape index (κ2) is 8.93. The summed E-state index contributed by atoms with van der Waals surface area (Å²) in [6.07, 6.45) is 20.5. The minimum Gasteiger partial charge on any atom is -0.0623 e. The van der Waals surface area contributed by atoms with Gasteiger partial charge in [-0.15, -0.1) is 0 Å². The maximum Gasteiger partial charge on any atom is 0.0175 e. The molecule has 104 valence electrons. The summed E-state index contributed by atoms with van der Waals surface area (Å²) in [6.45, 7) is 0. The molecule has 0 fully saturated rings. The molecule has 0 aliphatic heterocycles. The number of hydrogen-bond donors (Lipinski definition) is 0. The van der Waals surface area contributed by atoms with Crippen LogP contribution in [0.3, 0.4) is 0 Å². The summed E-state index contributed by atoms with van der Waals surface area (Å²) in [6, 6.07) is 14.4. The van der Waals surface area contributed by atoms with Crippen molar-refractivity contribution in [2.45, 2.75) is 0 Å². The molecule has 0 aromatic heterocycles. The first-order valence-corrected chi connectivity index (χ1v) is 7.63. The first-order chi connectivity index (χ1) is 10.4. The summed E-state index contributed by atoms with van der Waals surface area (Å²) < 4.78 is 1.05. The van der Waals surface area contributed by atoms with Gasteiger partial charge in [0.15, 0.2) is 0 Å². The molecular weight excluding hydrogens is 320 g/mol. The SMILES string of the molecule is Brc1ccccc2c(ccc1)\C=C/C=C\C=C/C=C\C=C2. The van der Waals surface area contributed by atoms with E-state index in [2.05, 4.69) is 52.4 Å². The van der Waals surface area contributed by atoms with Crippen molar-refractivity contribution in [3.8, 4) is 0 Å². The van der Waals surface area contributed by atoms with Crippen LogP contribution in [0, 0.1) is 0 Å². The molecule has 0 heterocycles. The smallest absolute Gasteiger partial charge is 0.0175 e. The van der Waals surface area contributed by atoms with E-state index in [-0.39, 0.29) is 0 Å². The monoisotopic (exact) mass is 336 g/mol. The van der Waals surface area contributed by atoms with E-state index in [4.69, 9.17) is 0 Å². The van der Waals surface area contributed by atoms with Crippen molar-refractivity contribution >= 4 is 28.1 Å². The lowest BCUT2D eigenvalue weighted by Crippen LogP contribution is -1.76. The standard InChI is InChI=1S/C20H17Br/c21-20-16-10-9-14-18-12-7-5-3-1-2-4-6-8-13-19(18)15-11-17-20/h1-17H/b2-1-,3-1?,4-2?,5-3-,6-4-,7-5?,8-6?,10-9?,12-7?,13-8-,14-9?,15-11?,16-10?,17-11?,18-12?,18-14?,19-13?,19-15?,19-18?,20-16?,20-17?. The highest BCUT2D eigenvalue weighted by molar-refractivity contribution is 9.10. The molecule has 1 aliphatic carbocycles. The quantitative estimate of drug-likeness (QED) is 0.522. The molecule has 0 amide bonds. The van der Waals surface area contributed by atoms with Crippen LogP contribution >= 0.6 is 15.9 Å². The van der Waals surface area contributed by atoms with Crippen LogP contribution in [0.4, 0.5) is 0 Å². The van der Waals surface area contributed by atoms with E-state index in [1.165, 1.54) is 5.56 Å². The summed E-state index contributed by atoms with van der Waals surface area (Å²) in [5, 5.41) is 0. The molecule has 1 aliphatic rings. The fourth-order valence-electron chi connectivity index (χ4n) is 1.81. The molecule has 0 nitrogen and oxygen atoms in total. The van der Waals surface area contributed by atoms with E-state index in [1.54, 1.807) is 0 Å². The van der Waals surface area contributed by atoms with Crippen LogP contribution in [-0.2, 0) is 0 Å². The van der Waals surface area contributed by atoms with Crippen LogP contribution in [0.15, 0.2) is 95.5 Å². The molecule has 1 aromatic carbocycles. The summed E-state index contributed by atoms with van der Waals surface area (Å²) in [5.41, 5.74) is 2.33. The Hall–Kier alpha value is -2.12. The average Bonchev–Trinajstić information content (AvgIpc) is 2.47. The fourth-order valence-corrected chi connectivity index (χ4v) is 2.11. The van der Waals surface area contributed by atoms with E-state index < -0.39 is 0 Å². The van der Waals surface area contributed by atoms with Gasteiger partial charge in [-0.1, -0.05) is 107 Å². The van der Waals surface area contributed by atoms with Crippen molar-refractivity contribution in [3.63, 3.8) is 0 Å². The Morgan fingerprint density at radius 3 is 1.52 bits per heavy atom. The second-order valence-electron chi connectivity index (χ2n) is 4.41. The van der Waals surface area contributed by atoms with Crippen molar-refractivity contribution < 1.29 is 0 Å². The average molecular weight is 337 g/mol. The zero-order valence-electron chi connectivity index (χ0n) is 11.7. The lowest BCUT2D eigenvalue weighted by Gasteiger charge is -1.97. The molecule has 0 radical (unpaired) electrons. The minimum absolute atomic E-state index is 1.05. The van der Waals surface area contributed by atoms with Gasteiger partial charge in [0, 0.05) is 4.47 Å². The van der Waals surface area contributed by atoms with E-state index in [9.17, 15) is 0 Å². The fraction of sp³-hybridized carbons (Fsp3) is 0. The zero-order chi connectivity index (χ0) is 14.8. The molecule has 0 unspecified atom stereocenters. The summed E-state index contributed by atoms with van der Waals surface area (Å²) >= 11 is 3.50. The van der Waals surface area contributed by atoms with Gasteiger partial charge >= 0.3 is 0 Å². The van der Waals surface area contributed by atoms with Crippen LogP contribution in [0.5, 0.6) is 0 Å². The lowest BCUT2D eigenvalue weighted by atomic mass is 10.1. The molecule has 21 heavy (non-hydrogen) atoms. The van der Waals surface area contributed by atoms with Crippen molar-refractivity contribution in [2.24, 2.45) is 0 Å². The van der Waals surface area contributed by atoms with Crippen LogP contribution in [0.2, 0.25) is 0 Å². The Balaban J connectivity index is 2.58.